The normalized spacial score (nSPS) is 16.2. The van der Waals surface area contributed by atoms with Gasteiger partial charge in [-0.1, -0.05) is 12.1 Å². The van der Waals surface area contributed by atoms with Crippen molar-refractivity contribution in [3.63, 3.8) is 0 Å². The van der Waals surface area contributed by atoms with Gasteiger partial charge in [-0.15, -0.1) is 0 Å². The number of benzene rings is 1. The fourth-order valence-corrected chi connectivity index (χ4v) is 3.48. The number of hydrogen-bond donors (Lipinski definition) is 1. The van der Waals surface area contributed by atoms with E-state index in [0.717, 1.165) is 43.9 Å². The van der Waals surface area contributed by atoms with E-state index < -0.39 is 0 Å². The molecule has 2 N–H and O–H groups in total. The molecule has 0 atom stereocenters. The molecule has 1 saturated heterocycles. The molecule has 1 fully saturated rings. The first-order valence-corrected chi connectivity index (χ1v) is 8.68. The summed E-state index contributed by atoms with van der Waals surface area (Å²) in [4.78, 5) is 10.9. The van der Waals surface area contributed by atoms with Crippen molar-refractivity contribution in [1.29, 1.82) is 0 Å². The predicted octanol–water partition coefficient (Wildman–Crippen LogP) is 2.62. The van der Waals surface area contributed by atoms with E-state index in [1.54, 1.807) is 12.4 Å². The summed E-state index contributed by atoms with van der Waals surface area (Å²) < 4.78 is 1.90. The Morgan fingerprint density at radius 1 is 1.08 bits per heavy atom. The molecule has 4 rings (SSSR count). The van der Waals surface area contributed by atoms with E-state index in [4.69, 9.17) is 5.73 Å². The van der Waals surface area contributed by atoms with Crippen LogP contribution >= 0.6 is 0 Å². The van der Waals surface area contributed by atoms with Gasteiger partial charge in [0.2, 0.25) is 5.95 Å². The van der Waals surface area contributed by atoms with Crippen molar-refractivity contribution in [3.05, 3.63) is 66.2 Å². The second-order valence-electron chi connectivity index (χ2n) is 6.51. The fraction of sp³-hybridized carbons (Fsp3) is 0.316. The molecule has 6 heteroatoms. The van der Waals surface area contributed by atoms with Crippen molar-refractivity contribution >= 4 is 5.95 Å². The topological polar surface area (TPSA) is 72.9 Å². The average Bonchev–Trinajstić information content (AvgIpc) is 3.17. The van der Waals surface area contributed by atoms with Gasteiger partial charge in [-0.05, 0) is 55.8 Å². The van der Waals surface area contributed by atoms with Gasteiger partial charge in [0.1, 0.15) is 0 Å². The molecule has 0 amide bonds. The van der Waals surface area contributed by atoms with Crippen LogP contribution in [0.1, 0.15) is 30.0 Å². The average molecular weight is 334 g/mol. The zero-order valence-electron chi connectivity index (χ0n) is 14.1. The summed E-state index contributed by atoms with van der Waals surface area (Å²) in [5.41, 5.74) is 9.21. The van der Waals surface area contributed by atoms with Crippen LogP contribution in [0.5, 0.6) is 0 Å². The maximum absolute atomic E-state index is 5.71. The fourth-order valence-electron chi connectivity index (χ4n) is 3.48. The Bertz CT molecular complexity index is 821. The van der Waals surface area contributed by atoms with Crippen LogP contribution < -0.4 is 5.73 Å². The second kappa shape index (κ2) is 7.03. The molecule has 0 spiro atoms. The third-order valence-corrected chi connectivity index (χ3v) is 4.79. The van der Waals surface area contributed by atoms with Crippen LogP contribution in [0.4, 0.5) is 5.95 Å². The number of piperidine rings is 1. The van der Waals surface area contributed by atoms with Crippen molar-refractivity contribution in [3.8, 4) is 5.69 Å². The molecule has 3 aromatic rings. The molecule has 0 saturated carbocycles. The Morgan fingerprint density at radius 3 is 2.72 bits per heavy atom. The van der Waals surface area contributed by atoms with Crippen LogP contribution in [0.3, 0.4) is 0 Å². The van der Waals surface area contributed by atoms with E-state index in [-0.39, 0.29) is 0 Å². The van der Waals surface area contributed by atoms with E-state index >= 15 is 0 Å². The number of nitrogen functional groups attached to an aromatic ring is 1. The minimum Gasteiger partial charge on any atom is -0.368 e. The van der Waals surface area contributed by atoms with Crippen LogP contribution in [0, 0.1) is 0 Å². The summed E-state index contributed by atoms with van der Waals surface area (Å²) in [6, 6.07) is 12.5. The summed E-state index contributed by atoms with van der Waals surface area (Å²) in [5, 5.41) is 4.31. The first-order chi connectivity index (χ1) is 12.3. The smallest absolute Gasteiger partial charge is 0.220 e. The van der Waals surface area contributed by atoms with Crippen molar-refractivity contribution < 1.29 is 0 Å². The van der Waals surface area contributed by atoms with Crippen LogP contribution in [0.25, 0.3) is 5.69 Å². The Kier molecular flexibility index (Phi) is 4.43. The molecule has 0 aliphatic carbocycles. The molecule has 3 heterocycles. The molecule has 1 aliphatic heterocycles. The van der Waals surface area contributed by atoms with Crippen LogP contribution in [0.2, 0.25) is 0 Å². The lowest BCUT2D eigenvalue weighted by Crippen LogP contribution is -2.32. The highest BCUT2D eigenvalue weighted by atomic mass is 15.3. The SMILES string of the molecule is Nc1nccc(C2CCN(Cc3cccc(-n4cccn4)c3)CC2)n1. The number of hydrogen-bond acceptors (Lipinski definition) is 5. The second-order valence-corrected chi connectivity index (χ2v) is 6.51. The Balaban J connectivity index is 1.38. The Labute approximate surface area is 147 Å². The Hall–Kier alpha value is -2.73. The number of aromatic nitrogens is 4. The highest BCUT2D eigenvalue weighted by Crippen LogP contribution is 2.27. The molecule has 2 aromatic heterocycles. The minimum atomic E-state index is 0.371. The molecule has 25 heavy (non-hydrogen) atoms. The van der Waals surface area contributed by atoms with Crippen molar-refractivity contribution in [1.82, 2.24) is 24.6 Å². The number of likely N-dealkylation sites (tertiary alicyclic amines) is 1. The third-order valence-electron chi connectivity index (χ3n) is 4.79. The molecule has 6 nitrogen and oxygen atoms in total. The molecule has 0 unspecified atom stereocenters. The van der Waals surface area contributed by atoms with Gasteiger partial charge in [-0.2, -0.15) is 5.10 Å². The minimum absolute atomic E-state index is 0.371. The lowest BCUT2D eigenvalue weighted by Gasteiger charge is -2.31. The van der Waals surface area contributed by atoms with Gasteiger partial charge in [0.15, 0.2) is 0 Å². The first kappa shape index (κ1) is 15.8. The van der Waals surface area contributed by atoms with Gasteiger partial charge in [0, 0.05) is 36.7 Å². The zero-order valence-corrected chi connectivity index (χ0v) is 14.1. The van der Waals surface area contributed by atoms with Crippen LogP contribution in [-0.4, -0.2) is 37.7 Å². The van der Waals surface area contributed by atoms with Crippen molar-refractivity contribution in [2.45, 2.75) is 25.3 Å². The predicted molar refractivity (Wildman–Crippen MR) is 97.3 cm³/mol. The number of rotatable bonds is 4. The number of nitrogens with zero attached hydrogens (tertiary/aromatic N) is 5. The van der Waals surface area contributed by atoms with Crippen molar-refractivity contribution in [2.75, 3.05) is 18.8 Å². The maximum atomic E-state index is 5.71. The van der Waals surface area contributed by atoms with Crippen LogP contribution in [0.15, 0.2) is 55.0 Å². The standard InChI is InChI=1S/C19H22N6/c20-19-21-9-5-18(23-19)16-6-11-24(12-7-16)14-15-3-1-4-17(13-15)25-10-2-8-22-25/h1-5,8-10,13,16H,6-7,11-12,14H2,(H2,20,21,23). The summed E-state index contributed by atoms with van der Waals surface area (Å²) in [6.45, 7) is 3.11. The van der Waals surface area contributed by atoms with E-state index in [1.807, 2.05) is 23.0 Å². The third kappa shape index (κ3) is 3.69. The van der Waals surface area contributed by atoms with E-state index in [1.165, 1.54) is 5.56 Å². The maximum Gasteiger partial charge on any atom is 0.220 e. The number of nitrogens with two attached hydrogens (primary N) is 1. The van der Waals surface area contributed by atoms with Crippen molar-refractivity contribution in [2.24, 2.45) is 0 Å². The largest absolute Gasteiger partial charge is 0.368 e. The van der Waals surface area contributed by atoms with Gasteiger partial charge < -0.3 is 5.73 Å². The molecule has 0 bridgehead atoms. The summed E-state index contributed by atoms with van der Waals surface area (Å²) in [5.74, 6) is 0.854. The molecule has 1 aliphatic rings. The van der Waals surface area contributed by atoms with Gasteiger partial charge in [0.25, 0.3) is 0 Å². The van der Waals surface area contributed by atoms with Gasteiger partial charge in [0.05, 0.1) is 5.69 Å². The zero-order chi connectivity index (χ0) is 17.1. The summed E-state index contributed by atoms with van der Waals surface area (Å²) in [7, 11) is 0. The lowest BCUT2D eigenvalue weighted by molar-refractivity contribution is 0.203. The molecule has 128 valence electrons. The summed E-state index contributed by atoms with van der Waals surface area (Å²) in [6.07, 6.45) is 7.74. The van der Waals surface area contributed by atoms with Crippen LogP contribution in [-0.2, 0) is 6.54 Å². The quantitative estimate of drug-likeness (QED) is 0.794. The first-order valence-electron chi connectivity index (χ1n) is 8.68. The molecular weight excluding hydrogens is 312 g/mol. The number of anilines is 1. The van der Waals surface area contributed by atoms with E-state index in [2.05, 4.69) is 44.2 Å². The highest BCUT2D eigenvalue weighted by Gasteiger charge is 2.22. The van der Waals surface area contributed by atoms with Gasteiger partial charge in [-0.3, -0.25) is 4.90 Å². The lowest BCUT2D eigenvalue weighted by atomic mass is 9.93. The molecular formula is C19H22N6. The van der Waals surface area contributed by atoms with Gasteiger partial charge >= 0.3 is 0 Å². The van der Waals surface area contributed by atoms with E-state index in [9.17, 15) is 0 Å². The molecule has 0 radical (unpaired) electrons. The molecule has 1 aromatic carbocycles. The highest BCUT2D eigenvalue weighted by molar-refractivity contribution is 5.35. The summed E-state index contributed by atoms with van der Waals surface area (Å²) >= 11 is 0. The van der Waals surface area contributed by atoms with Gasteiger partial charge in [-0.25, -0.2) is 14.6 Å². The van der Waals surface area contributed by atoms with E-state index in [0.29, 0.717) is 11.9 Å². The Morgan fingerprint density at radius 2 is 1.96 bits per heavy atom. The monoisotopic (exact) mass is 334 g/mol.